The van der Waals surface area contributed by atoms with Gasteiger partial charge in [-0.15, -0.1) is 12.4 Å². The first-order chi connectivity index (χ1) is 9.24. The van der Waals surface area contributed by atoms with Crippen LogP contribution in [0.4, 0.5) is 4.39 Å². The third kappa shape index (κ3) is 3.62. The van der Waals surface area contributed by atoms with E-state index < -0.39 is 0 Å². The molecule has 0 spiro atoms. The number of nitrogens with zero attached hydrogens (tertiary/aromatic N) is 1. The fraction of sp³-hybridized carbons (Fsp3) is 0.600. The number of nitrogens with one attached hydrogen (secondary N) is 1. The van der Waals surface area contributed by atoms with Crippen molar-refractivity contribution in [3.05, 3.63) is 29.6 Å². The summed E-state index contributed by atoms with van der Waals surface area (Å²) in [5.74, 6) is 0.490. The number of halogens is 2. The molecule has 5 heteroatoms. The Morgan fingerprint density at radius 2 is 2.00 bits per heavy atom. The Hall–Kier alpha value is -0.840. The van der Waals surface area contributed by atoms with Crippen LogP contribution in [0.15, 0.2) is 18.2 Å². The van der Waals surface area contributed by atoms with Crippen molar-refractivity contribution in [2.75, 3.05) is 26.2 Å². The number of rotatable bonds is 4. The molecule has 3 rings (SSSR count). The predicted octanol–water partition coefficient (Wildman–Crippen LogP) is 2.70. The molecular formula is C15H22ClFN2O. The van der Waals surface area contributed by atoms with Crippen molar-refractivity contribution >= 4 is 12.4 Å². The van der Waals surface area contributed by atoms with Gasteiger partial charge in [-0.05, 0) is 18.4 Å². The minimum absolute atomic E-state index is 0. The normalized spacial score (nSPS) is 21.2. The Morgan fingerprint density at radius 3 is 2.60 bits per heavy atom. The second kappa shape index (κ2) is 6.74. The first-order valence-corrected chi connectivity index (χ1v) is 7.17. The molecule has 0 aromatic heterocycles. The molecule has 2 N–H and O–H groups in total. The van der Waals surface area contributed by atoms with Crippen LogP contribution in [0.5, 0.6) is 5.75 Å². The highest BCUT2D eigenvalue weighted by Crippen LogP contribution is 2.41. The molecule has 1 aliphatic heterocycles. The zero-order valence-corrected chi connectivity index (χ0v) is 12.3. The lowest BCUT2D eigenvalue weighted by Crippen LogP contribution is -2.45. The quantitative estimate of drug-likeness (QED) is 0.897. The van der Waals surface area contributed by atoms with Crippen LogP contribution in [-0.2, 0) is 0 Å². The van der Waals surface area contributed by atoms with E-state index in [0.717, 1.165) is 44.1 Å². The van der Waals surface area contributed by atoms with Gasteiger partial charge in [0.05, 0.1) is 0 Å². The van der Waals surface area contributed by atoms with Gasteiger partial charge in [-0.25, -0.2) is 4.39 Å². The van der Waals surface area contributed by atoms with Crippen molar-refractivity contribution in [2.45, 2.75) is 25.3 Å². The fourth-order valence-corrected chi connectivity index (χ4v) is 2.92. The maximum Gasteiger partial charge on any atom is 0.131 e. The lowest BCUT2D eigenvalue weighted by Gasteiger charge is -2.35. The minimum Gasteiger partial charge on any atom is -0.508 e. The monoisotopic (exact) mass is 300 g/mol. The standard InChI is InChI=1S/C15H21FN2O.ClH/c16-14-10-12(19)3-4-13(14)15(9-11-1-2-11)18-7-5-17-6-8-18;/h3-4,10-11,15,17,19H,1-2,5-9H2;1H/t15-;/m0./s1. The van der Waals surface area contributed by atoms with Gasteiger partial charge in [0.25, 0.3) is 0 Å². The second-order valence-electron chi connectivity index (χ2n) is 5.69. The van der Waals surface area contributed by atoms with E-state index in [1.165, 1.54) is 18.9 Å². The van der Waals surface area contributed by atoms with E-state index >= 15 is 0 Å². The fourth-order valence-electron chi connectivity index (χ4n) is 2.92. The summed E-state index contributed by atoms with van der Waals surface area (Å²) in [6, 6.07) is 4.74. The molecule has 0 amide bonds. The zero-order chi connectivity index (χ0) is 13.2. The Labute approximate surface area is 125 Å². The van der Waals surface area contributed by atoms with Crippen molar-refractivity contribution in [2.24, 2.45) is 5.92 Å². The molecule has 1 aromatic carbocycles. The SMILES string of the molecule is Cl.Oc1ccc([C@H](CC2CC2)N2CCNCC2)c(F)c1. The lowest BCUT2D eigenvalue weighted by molar-refractivity contribution is 0.157. The molecule has 1 saturated heterocycles. The Bertz CT molecular complexity index is 447. The van der Waals surface area contributed by atoms with E-state index in [-0.39, 0.29) is 30.0 Å². The molecule has 0 bridgehead atoms. The zero-order valence-electron chi connectivity index (χ0n) is 11.5. The van der Waals surface area contributed by atoms with Gasteiger partial charge in [0.2, 0.25) is 0 Å². The summed E-state index contributed by atoms with van der Waals surface area (Å²) >= 11 is 0. The van der Waals surface area contributed by atoms with Crippen molar-refractivity contribution in [3.8, 4) is 5.75 Å². The Balaban J connectivity index is 0.00000147. The van der Waals surface area contributed by atoms with Crippen LogP contribution in [0.2, 0.25) is 0 Å². The van der Waals surface area contributed by atoms with Crippen molar-refractivity contribution in [3.63, 3.8) is 0 Å². The minimum atomic E-state index is -0.274. The number of phenolic OH excluding ortho intramolecular Hbond substituents is 1. The first kappa shape index (κ1) is 15.5. The third-order valence-corrected chi connectivity index (χ3v) is 4.19. The molecule has 112 valence electrons. The first-order valence-electron chi connectivity index (χ1n) is 7.17. The number of aromatic hydroxyl groups is 1. The largest absolute Gasteiger partial charge is 0.508 e. The van der Waals surface area contributed by atoms with Gasteiger partial charge in [-0.1, -0.05) is 18.9 Å². The van der Waals surface area contributed by atoms with Crippen molar-refractivity contribution in [1.82, 2.24) is 10.2 Å². The molecule has 3 nitrogen and oxygen atoms in total. The molecule has 0 radical (unpaired) electrons. The van der Waals surface area contributed by atoms with Crippen LogP contribution in [0, 0.1) is 11.7 Å². The van der Waals surface area contributed by atoms with Crippen LogP contribution < -0.4 is 5.32 Å². The van der Waals surface area contributed by atoms with Crippen molar-refractivity contribution in [1.29, 1.82) is 0 Å². The van der Waals surface area contributed by atoms with Crippen LogP contribution in [0.3, 0.4) is 0 Å². The summed E-state index contributed by atoms with van der Waals surface area (Å²) in [6.07, 6.45) is 3.60. The van der Waals surface area contributed by atoms with E-state index in [0.29, 0.717) is 0 Å². The molecule has 2 fully saturated rings. The van der Waals surface area contributed by atoms with E-state index in [4.69, 9.17) is 0 Å². The summed E-state index contributed by atoms with van der Waals surface area (Å²) in [4.78, 5) is 2.38. The average Bonchev–Trinajstić information content (AvgIpc) is 3.22. The lowest BCUT2D eigenvalue weighted by atomic mass is 9.98. The third-order valence-electron chi connectivity index (χ3n) is 4.19. The summed E-state index contributed by atoms with van der Waals surface area (Å²) in [5.41, 5.74) is 0.742. The summed E-state index contributed by atoms with van der Waals surface area (Å²) in [7, 11) is 0. The number of hydrogen-bond donors (Lipinski definition) is 2. The second-order valence-corrected chi connectivity index (χ2v) is 5.69. The molecule has 1 aliphatic carbocycles. The maximum atomic E-state index is 14.1. The highest BCUT2D eigenvalue weighted by molar-refractivity contribution is 5.85. The number of hydrogen-bond acceptors (Lipinski definition) is 3. The van der Waals surface area contributed by atoms with E-state index in [9.17, 15) is 9.50 Å². The van der Waals surface area contributed by atoms with E-state index in [1.807, 2.05) is 0 Å². The van der Waals surface area contributed by atoms with E-state index in [1.54, 1.807) is 12.1 Å². The van der Waals surface area contributed by atoms with Gasteiger partial charge >= 0.3 is 0 Å². The summed E-state index contributed by atoms with van der Waals surface area (Å²) < 4.78 is 14.1. The van der Waals surface area contributed by atoms with Crippen LogP contribution in [-0.4, -0.2) is 36.2 Å². The van der Waals surface area contributed by atoms with Gasteiger partial charge in [0.15, 0.2) is 0 Å². The summed E-state index contributed by atoms with van der Waals surface area (Å²) in [6.45, 7) is 3.89. The molecule has 1 aromatic rings. The van der Waals surface area contributed by atoms with Crippen LogP contribution in [0.1, 0.15) is 30.9 Å². The van der Waals surface area contributed by atoms with Gasteiger partial charge in [-0.2, -0.15) is 0 Å². The average molecular weight is 301 g/mol. The van der Waals surface area contributed by atoms with Crippen LogP contribution >= 0.6 is 12.4 Å². The topological polar surface area (TPSA) is 35.5 Å². The van der Waals surface area contributed by atoms with Crippen molar-refractivity contribution < 1.29 is 9.50 Å². The molecule has 1 heterocycles. The number of phenols is 1. The summed E-state index contributed by atoms with van der Waals surface area (Å²) in [5, 5.41) is 12.7. The highest BCUT2D eigenvalue weighted by Gasteiger charge is 2.31. The van der Waals surface area contributed by atoms with Gasteiger partial charge < -0.3 is 10.4 Å². The predicted molar refractivity (Wildman–Crippen MR) is 79.8 cm³/mol. The van der Waals surface area contributed by atoms with E-state index in [2.05, 4.69) is 10.2 Å². The smallest absolute Gasteiger partial charge is 0.131 e. The highest BCUT2D eigenvalue weighted by atomic mass is 35.5. The molecule has 2 aliphatic rings. The number of piperazine rings is 1. The molecule has 1 saturated carbocycles. The maximum absolute atomic E-state index is 14.1. The van der Waals surface area contributed by atoms with Gasteiger partial charge in [0, 0.05) is 43.9 Å². The van der Waals surface area contributed by atoms with Gasteiger partial charge in [0.1, 0.15) is 11.6 Å². The molecular weight excluding hydrogens is 279 g/mol. The van der Waals surface area contributed by atoms with Gasteiger partial charge in [-0.3, -0.25) is 4.90 Å². The molecule has 0 unspecified atom stereocenters. The number of benzene rings is 1. The molecule has 20 heavy (non-hydrogen) atoms. The Morgan fingerprint density at radius 1 is 1.30 bits per heavy atom. The molecule has 1 atom stereocenters. The Kier molecular flexibility index (Phi) is 5.24. The van der Waals surface area contributed by atoms with Crippen LogP contribution in [0.25, 0.3) is 0 Å².